The van der Waals surface area contributed by atoms with Crippen molar-refractivity contribution in [3.63, 3.8) is 0 Å². The first-order valence-electron chi connectivity index (χ1n) is 7.31. The number of fused-ring (bicyclic) bond motifs is 1. The summed E-state index contributed by atoms with van der Waals surface area (Å²) in [5.74, 6) is 0. The number of hydrogen-bond donors (Lipinski definition) is 2. The molecule has 2 amide bonds. The average molecular weight is 297 g/mol. The minimum Gasteiger partial charge on any atom is -0.367 e. The number of rotatable bonds is 3. The Morgan fingerprint density at radius 1 is 1.27 bits per heavy atom. The van der Waals surface area contributed by atoms with Crippen molar-refractivity contribution >= 4 is 17.4 Å². The van der Waals surface area contributed by atoms with Crippen LogP contribution in [-0.4, -0.2) is 24.8 Å². The van der Waals surface area contributed by atoms with Crippen LogP contribution in [0.3, 0.4) is 0 Å². The van der Waals surface area contributed by atoms with Gasteiger partial charge in [-0.1, -0.05) is 30.3 Å². The minimum atomic E-state index is -0.543. The Labute approximate surface area is 129 Å². The second-order valence-corrected chi connectivity index (χ2v) is 5.34. The largest absolute Gasteiger partial charge is 0.367 e. The van der Waals surface area contributed by atoms with Crippen molar-refractivity contribution in [3.05, 3.63) is 59.7 Å². The Morgan fingerprint density at radius 2 is 2.05 bits per heavy atom. The van der Waals surface area contributed by atoms with E-state index in [0.717, 1.165) is 30.8 Å². The Morgan fingerprint density at radius 3 is 2.77 bits per heavy atom. The van der Waals surface area contributed by atoms with Gasteiger partial charge < -0.3 is 10.2 Å². The van der Waals surface area contributed by atoms with E-state index >= 15 is 0 Å². The fraction of sp³-hybridized carbons (Fsp3) is 0.235. The first-order chi connectivity index (χ1) is 10.7. The van der Waals surface area contributed by atoms with Crippen LogP contribution in [0.15, 0.2) is 48.5 Å². The highest BCUT2D eigenvalue weighted by Crippen LogP contribution is 2.32. The van der Waals surface area contributed by atoms with E-state index in [-0.39, 0.29) is 0 Å². The van der Waals surface area contributed by atoms with Gasteiger partial charge in [0.05, 0.1) is 5.69 Å². The van der Waals surface area contributed by atoms with Crippen LogP contribution in [0.1, 0.15) is 11.1 Å². The van der Waals surface area contributed by atoms with Crippen LogP contribution in [-0.2, 0) is 13.0 Å². The van der Waals surface area contributed by atoms with Crippen LogP contribution in [0.2, 0.25) is 0 Å². The van der Waals surface area contributed by atoms with Crippen LogP contribution in [0, 0.1) is 0 Å². The van der Waals surface area contributed by atoms with Crippen molar-refractivity contribution in [1.29, 1.82) is 0 Å². The molecule has 0 saturated heterocycles. The van der Waals surface area contributed by atoms with Crippen LogP contribution >= 0.6 is 0 Å². The van der Waals surface area contributed by atoms with Crippen LogP contribution in [0.4, 0.5) is 16.2 Å². The van der Waals surface area contributed by atoms with Gasteiger partial charge in [-0.3, -0.25) is 5.21 Å². The average Bonchev–Trinajstić information content (AvgIpc) is 2.96. The summed E-state index contributed by atoms with van der Waals surface area (Å²) in [5, 5.41) is 12.9. The molecule has 0 aromatic heterocycles. The van der Waals surface area contributed by atoms with Gasteiger partial charge in [-0.25, -0.2) is 4.79 Å². The van der Waals surface area contributed by atoms with Gasteiger partial charge in [0.25, 0.3) is 0 Å². The molecule has 0 unspecified atom stereocenters. The topological polar surface area (TPSA) is 55.8 Å². The van der Waals surface area contributed by atoms with E-state index in [1.54, 1.807) is 6.07 Å². The number of anilines is 2. The van der Waals surface area contributed by atoms with Gasteiger partial charge in [0, 0.05) is 25.8 Å². The molecule has 2 aromatic rings. The van der Waals surface area contributed by atoms with Crippen molar-refractivity contribution in [1.82, 2.24) is 5.32 Å². The summed E-state index contributed by atoms with van der Waals surface area (Å²) < 4.78 is 0. The third-order valence-electron chi connectivity index (χ3n) is 3.92. The smallest absolute Gasteiger partial charge is 0.345 e. The molecule has 5 heteroatoms. The minimum absolute atomic E-state index is 0.486. The van der Waals surface area contributed by atoms with Crippen LogP contribution in [0.25, 0.3) is 0 Å². The van der Waals surface area contributed by atoms with Crippen LogP contribution < -0.4 is 15.3 Å². The first-order valence-corrected chi connectivity index (χ1v) is 7.31. The number of carbonyl (C=O) groups excluding carboxylic acids is 1. The summed E-state index contributed by atoms with van der Waals surface area (Å²) in [6.45, 7) is 1.81. The lowest BCUT2D eigenvalue weighted by atomic mass is 10.1. The highest BCUT2D eigenvalue weighted by Gasteiger charge is 2.21. The number of carbonyl (C=O) groups is 1. The molecule has 2 N–H and O–H groups in total. The SMILES string of the molecule is CNC(=O)N(O)c1ccc2c(c1)CCN2Cc1ccccc1. The molecule has 1 aliphatic heterocycles. The van der Waals surface area contributed by atoms with Gasteiger partial charge in [0.1, 0.15) is 0 Å². The lowest BCUT2D eigenvalue weighted by Gasteiger charge is -2.20. The Kier molecular flexibility index (Phi) is 3.98. The van der Waals surface area contributed by atoms with Crippen molar-refractivity contribution in [2.24, 2.45) is 0 Å². The maximum absolute atomic E-state index is 11.5. The summed E-state index contributed by atoms with van der Waals surface area (Å²) in [7, 11) is 1.49. The molecule has 114 valence electrons. The second-order valence-electron chi connectivity index (χ2n) is 5.34. The summed E-state index contributed by atoms with van der Waals surface area (Å²) in [5.41, 5.74) is 4.07. The number of nitrogens with zero attached hydrogens (tertiary/aromatic N) is 2. The van der Waals surface area contributed by atoms with Gasteiger partial charge >= 0.3 is 6.03 Å². The lowest BCUT2D eigenvalue weighted by molar-refractivity contribution is 0.206. The fourth-order valence-corrected chi connectivity index (χ4v) is 2.78. The number of amides is 2. The molecule has 0 atom stereocenters. The highest BCUT2D eigenvalue weighted by atomic mass is 16.5. The summed E-state index contributed by atoms with van der Waals surface area (Å²) in [4.78, 5) is 13.8. The molecule has 1 aliphatic rings. The molecule has 1 heterocycles. The predicted molar refractivity (Wildman–Crippen MR) is 86.4 cm³/mol. The lowest BCUT2D eigenvalue weighted by Crippen LogP contribution is -2.35. The van der Waals surface area contributed by atoms with E-state index in [1.165, 1.54) is 12.6 Å². The monoisotopic (exact) mass is 297 g/mol. The van der Waals surface area contributed by atoms with Gasteiger partial charge in [-0.15, -0.1) is 0 Å². The number of hydrogen-bond acceptors (Lipinski definition) is 3. The third-order valence-corrected chi connectivity index (χ3v) is 3.92. The van der Waals surface area contributed by atoms with Crippen molar-refractivity contribution in [2.45, 2.75) is 13.0 Å². The molecule has 2 aromatic carbocycles. The van der Waals surface area contributed by atoms with E-state index in [9.17, 15) is 10.0 Å². The summed E-state index contributed by atoms with van der Waals surface area (Å²) in [6, 6.07) is 15.4. The summed E-state index contributed by atoms with van der Waals surface area (Å²) >= 11 is 0. The van der Waals surface area contributed by atoms with Gasteiger partial charge in [-0.05, 0) is 35.7 Å². The van der Waals surface area contributed by atoms with Gasteiger partial charge in [0.2, 0.25) is 0 Å². The van der Waals surface area contributed by atoms with E-state index in [0.29, 0.717) is 10.8 Å². The van der Waals surface area contributed by atoms with Crippen molar-refractivity contribution < 1.29 is 10.0 Å². The molecular weight excluding hydrogens is 278 g/mol. The van der Waals surface area contributed by atoms with Gasteiger partial charge in [-0.2, -0.15) is 5.06 Å². The number of urea groups is 1. The van der Waals surface area contributed by atoms with E-state index < -0.39 is 6.03 Å². The van der Waals surface area contributed by atoms with Crippen molar-refractivity contribution in [3.8, 4) is 0 Å². The third kappa shape index (κ3) is 2.76. The molecule has 0 radical (unpaired) electrons. The Bertz CT molecular complexity index is 673. The van der Waals surface area contributed by atoms with E-state index in [2.05, 4.69) is 22.3 Å². The highest BCUT2D eigenvalue weighted by molar-refractivity contribution is 5.89. The second kappa shape index (κ2) is 6.07. The Balaban J connectivity index is 1.79. The summed E-state index contributed by atoms with van der Waals surface area (Å²) in [6.07, 6.45) is 0.914. The zero-order chi connectivity index (χ0) is 15.5. The van der Waals surface area contributed by atoms with Gasteiger partial charge in [0.15, 0.2) is 0 Å². The molecule has 0 spiro atoms. The number of hydroxylamine groups is 1. The van der Waals surface area contributed by atoms with Crippen LogP contribution in [0.5, 0.6) is 0 Å². The standard InChI is InChI=1S/C17H19N3O2/c1-18-17(21)20(22)15-7-8-16-14(11-15)9-10-19(16)12-13-5-3-2-4-6-13/h2-8,11,22H,9-10,12H2,1H3,(H,18,21). The zero-order valence-corrected chi connectivity index (χ0v) is 12.5. The molecule has 0 bridgehead atoms. The molecule has 5 nitrogen and oxygen atoms in total. The molecule has 0 fully saturated rings. The normalized spacial score (nSPS) is 12.9. The first kappa shape index (κ1) is 14.4. The fourth-order valence-electron chi connectivity index (χ4n) is 2.78. The molecule has 3 rings (SSSR count). The molecule has 0 aliphatic carbocycles. The molecule has 22 heavy (non-hydrogen) atoms. The number of nitrogens with one attached hydrogen (secondary N) is 1. The van der Waals surface area contributed by atoms with Crippen molar-refractivity contribution in [2.75, 3.05) is 23.6 Å². The quantitative estimate of drug-likeness (QED) is 0.676. The predicted octanol–water partition coefficient (Wildman–Crippen LogP) is 2.78. The number of benzene rings is 2. The maximum Gasteiger partial charge on any atom is 0.345 e. The zero-order valence-electron chi connectivity index (χ0n) is 12.5. The molecular formula is C17H19N3O2. The maximum atomic E-state index is 11.5. The van der Waals surface area contributed by atoms with E-state index in [1.807, 2.05) is 30.3 Å². The Hall–Kier alpha value is -2.53. The van der Waals surface area contributed by atoms with E-state index in [4.69, 9.17) is 0 Å². The molecule has 0 saturated carbocycles.